The van der Waals surface area contributed by atoms with Crippen LogP contribution in [-0.2, 0) is 28.6 Å². The smallest absolute Gasteiger partial charge is 0.306 e. The van der Waals surface area contributed by atoms with E-state index in [0.29, 0.717) is 19.3 Å². The molecule has 0 fully saturated rings. The van der Waals surface area contributed by atoms with E-state index in [-0.39, 0.29) is 31.1 Å². The van der Waals surface area contributed by atoms with E-state index < -0.39 is 6.10 Å². The van der Waals surface area contributed by atoms with Gasteiger partial charge in [0, 0.05) is 19.3 Å². The molecular formula is C62H102O6. The Balaban J connectivity index is 4.51. The van der Waals surface area contributed by atoms with Gasteiger partial charge in [0.1, 0.15) is 13.2 Å². The van der Waals surface area contributed by atoms with Crippen molar-refractivity contribution in [2.45, 2.75) is 252 Å². The Bertz CT molecular complexity index is 1410. The lowest BCUT2D eigenvalue weighted by Gasteiger charge is -2.18. The molecule has 0 bridgehead atoms. The van der Waals surface area contributed by atoms with Gasteiger partial charge in [-0.15, -0.1) is 0 Å². The summed E-state index contributed by atoms with van der Waals surface area (Å²) >= 11 is 0. The number of esters is 3. The Morgan fingerprint density at radius 2 is 0.574 bits per heavy atom. The first kappa shape index (κ1) is 64.1. The molecule has 0 aromatic rings. The fraction of sp³-hybridized carbons (Fsp3) is 0.661. The van der Waals surface area contributed by atoms with Crippen molar-refractivity contribution < 1.29 is 28.6 Å². The predicted molar refractivity (Wildman–Crippen MR) is 293 cm³/mol. The van der Waals surface area contributed by atoms with Crippen LogP contribution in [0, 0.1) is 0 Å². The first-order valence-corrected chi connectivity index (χ1v) is 27.9. The zero-order valence-corrected chi connectivity index (χ0v) is 44.1. The number of hydrogen-bond acceptors (Lipinski definition) is 6. The van der Waals surface area contributed by atoms with Gasteiger partial charge in [0.25, 0.3) is 0 Å². The SMILES string of the molecule is CC/C=C/C/C=C/C/C=C/C/C=C/C/C=C/CCCCCC(=O)OC[C@@H](COC(=O)CCCCCCC/C=C/CCCCCCC)OC(=O)CCCCCC/C=C/C/C=C/C/C=C/CCCCC. The van der Waals surface area contributed by atoms with Crippen LogP contribution in [0.3, 0.4) is 0 Å². The number of rotatable bonds is 49. The number of carbonyl (C=O) groups excluding carboxylic acids is 3. The van der Waals surface area contributed by atoms with Crippen molar-refractivity contribution in [3.8, 4) is 0 Å². The molecule has 0 saturated carbocycles. The quantitative estimate of drug-likeness (QED) is 0.0262. The Morgan fingerprint density at radius 1 is 0.309 bits per heavy atom. The van der Waals surface area contributed by atoms with E-state index >= 15 is 0 Å². The summed E-state index contributed by atoms with van der Waals surface area (Å²) in [7, 11) is 0. The van der Waals surface area contributed by atoms with E-state index in [1.165, 1.54) is 70.6 Å². The average Bonchev–Trinajstić information content (AvgIpc) is 3.34. The molecule has 0 rings (SSSR count). The second-order valence-corrected chi connectivity index (χ2v) is 18.1. The van der Waals surface area contributed by atoms with Gasteiger partial charge in [-0.05, 0) is 128 Å². The summed E-state index contributed by atoms with van der Waals surface area (Å²) < 4.78 is 16.8. The fourth-order valence-corrected chi connectivity index (χ4v) is 7.29. The van der Waals surface area contributed by atoms with Crippen molar-refractivity contribution in [1.29, 1.82) is 0 Å². The summed E-state index contributed by atoms with van der Waals surface area (Å²) in [4.78, 5) is 38.1. The van der Waals surface area contributed by atoms with Gasteiger partial charge in [-0.3, -0.25) is 14.4 Å². The van der Waals surface area contributed by atoms with Crippen LogP contribution in [0.15, 0.2) is 109 Å². The summed E-state index contributed by atoms with van der Waals surface area (Å²) in [5, 5.41) is 0. The van der Waals surface area contributed by atoms with Gasteiger partial charge >= 0.3 is 17.9 Å². The standard InChI is InChI=1S/C62H102O6/c1-4-7-10-13-16-19-22-25-28-30-31-33-34-37-40-43-46-49-52-55-61(64)67-58-59(57-66-60(63)54-51-48-45-42-39-36-27-24-21-18-15-12-9-6-3)68-62(65)56-53-50-47-44-41-38-35-32-29-26-23-20-17-14-11-8-5-2/h7,10,16-17,19-20,24-29,31,33,35,37-38,40,59H,4-6,8-9,11-15,18,21-23,30,32,34,36,39,41-58H2,1-3H3/b10-7+,19-16+,20-17+,27-24+,28-25+,29-26+,33-31+,38-35+,40-37+/t59-/m1/s1. The van der Waals surface area contributed by atoms with Crippen LogP contribution < -0.4 is 0 Å². The molecule has 386 valence electrons. The highest BCUT2D eigenvalue weighted by atomic mass is 16.6. The topological polar surface area (TPSA) is 78.9 Å². The van der Waals surface area contributed by atoms with E-state index in [1.54, 1.807) is 0 Å². The largest absolute Gasteiger partial charge is 0.462 e. The van der Waals surface area contributed by atoms with Gasteiger partial charge in [-0.2, -0.15) is 0 Å². The Kier molecular flexibility index (Phi) is 52.4. The first-order chi connectivity index (χ1) is 33.5. The zero-order valence-electron chi connectivity index (χ0n) is 44.1. The van der Waals surface area contributed by atoms with Crippen molar-refractivity contribution in [1.82, 2.24) is 0 Å². The van der Waals surface area contributed by atoms with Crippen molar-refractivity contribution in [2.24, 2.45) is 0 Å². The van der Waals surface area contributed by atoms with Gasteiger partial charge in [-0.1, -0.05) is 207 Å². The molecule has 0 aliphatic rings. The Labute approximate surface area is 419 Å². The molecule has 6 heteroatoms. The van der Waals surface area contributed by atoms with Crippen LogP contribution in [-0.4, -0.2) is 37.2 Å². The second-order valence-electron chi connectivity index (χ2n) is 18.1. The highest BCUT2D eigenvalue weighted by molar-refractivity contribution is 5.71. The zero-order chi connectivity index (χ0) is 49.3. The van der Waals surface area contributed by atoms with E-state index in [0.717, 1.165) is 135 Å². The third-order valence-corrected chi connectivity index (χ3v) is 11.5. The molecule has 0 amide bonds. The maximum absolute atomic E-state index is 12.8. The Morgan fingerprint density at radius 3 is 0.956 bits per heavy atom. The molecule has 0 saturated heterocycles. The second kappa shape index (κ2) is 55.7. The maximum atomic E-state index is 12.8. The lowest BCUT2D eigenvalue weighted by atomic mass is 10.1. The number of hydrogen-bond donors (Lipinski definition) is 0. The lowest BCUT2D eigenvalue weighted by Crippen LogP contribution is -2.30. The van der Waals surface area contributed by atoms with Gasteiger partial charge in [-0.25, -0.2) is 0 Å². The van der Waals surface area contributed by atoms with E-state index in [1.807, 2.05) is 0 Å². The molecule has 0 spiro atoms. The lowest BCUT2D eigenvalue weighted by molar-refractivity contribution is -0.167. The fourth-order valence-electron chi connectivity index (χ4n) is 7.29. The summed E-state index contributed by atoms with van der Waals surface area (Å²) in [5.74, 6) is -0.968. The summed E-state index contributed by atoms with van der Waals surface area (Å²) in [6.45, 7) is 6.43. The molecule has 0 aliphatic heterocycles. The monoisotopic (exact) mass is 943 g/mol. The minimum atomic E-state index is -0.809. The molecule has 0 aromatic heterocycles. The highest BCUT2D eigenvalue weighted by Gasteiger charge is 2.19. The molecule has 6 nitrogen and oxygen atoms in total. The van der Waals surface area contributed by atoms with E-state index in [4.69, 9.17) is 14.2 Å². The summed E-state index contributed by atoms with van der Waals surface area (Å²) in [5.41, 5.74) is 0. The van der Waals surface area contributed by atoms with Crippen LogP contribution in [0.25, 0.3) is 0 Å². The van der Waals surface area contributed by atoms with Crippen molar-refractivity contribution in [3.63, 3.8) is 0 Å². The van der Waals surface area contributed by atoms with Crippen molar-refractivity contribution in [3.05, 3.63) is 109 Å². The molecule has 0 N–H and O–H groups in total. The molecule has 0 unspecified atom stereocenters. The van der Waals surface area contributed by atoms with Crippen LogP contribution in [0.4, 0.5) is 0 Å². The van der Waals surface area contributed by atoms with Crippen molar-refractivity contribution in [2.75, 3.05) is 13.2 Å². The molecule has 68 heavy (non-hydrogen) atoms. The first-order valence-electron chi connectivity index (χ1n) is 27.9. The number of unbranched alkanes of at least 4 members (excludes halogenated alkanes) is 20. The predicted octanol–water partition coefficient (Wildman–Crippen LogP) is 18.7. The van der Waals surface area contributed by atoms with Gasteiger partial charge < -0.3 is 14.2 Å². The van der Waals surface area contributed by atoms with Gasteiger partial charge in [0.2, 0.25) is 0 Å². The number of allylic oxidation sites excluding steroid dienone is 18. The van der Waals surface area contributed by atoms with E-state index in [9.17, 15) is 14.4 Å². The third-order valence-electron chi connectivity index (χ3n) is 11.5. The van der Waals surface area contributed by atoms with Crippen LogP contribution in [0.2, 0.25) is 0 Å². The molecule has 0 heterocycles. The number of carbonyl (C=O) groups is 3. The average molecular weight is 943 g/mol. The highest BCUT2D eigenvalue weighted by Crippen LogP contribution is 2.13. The minimum Gasteiger partial charge on any atom is -0.462 e. The van der Waals surface area contributed by atoms with Crippen molar-refractivity contribution >= 4 is 17.9 Å². The molecule has 0 aromatic carbocycles. The summed E-state index contributed by atoms with van der Waals surface area (Å²) in [6, 6.07) is 0. The minimum absolute atomic E-state index is 0.104. The van der Waals surface area contributed by atoms with Crippen LogP contribution >= 0.6 is 0 Å². The summed E-state index contributed by atoms with van der Waals surface area (Å²) in [6.07, 6.45) is 75.0. The van der Waals surface area contributed by atoms with Crippen LogP contribution in [0.1, 0.15) is 245 Å². The molecular weight excluding hydrogens is 841 g/mol. The Hall–Kier alpha value is -3.93. The third kappa shape index (κ3) is 53.0. The normalized spacial score (nSPS) is 12.9. The maximum Gasteiger partial charge on any atom is 0.306 e. The number of ether oxygens (including phenoxy) is 3. The van der Waals surface area contributed by atoms with Crippen LogP contribution in [0.5, 0.6) is 0 Å². The molecule has 0 aliphatic carbocycles. The molecule has 0 radical (unpaired) electrons. The molecule has 1 atom stereocenters. The van der Waals surface area contributed by atoms with E-state index in [2.05, 4.69) is 130 Å². The van der Waals surface area contributed by atoms with Gasteiger partial charge in [0.05, 0.1) is 0 Å². The van der Waals surface area contributed by atoms with Gasteiger partial charge in [0.15, 0.2) is 6.10 Å².